The molecule has 0 heterocycles. The zero-order valence-electron chi connectivity index (χ0n) is 11.3. The molecule has 2 nitrogen and oxygen atoms in total. The van der Waals surface area contributed by atoms with E-state index in [4.69, 9.17) is 5.11 Å². The molecule has 3 aromatic rings. The molecular formula is C18H18O2. The summed E-state index contributed by atoms with van der Waals surface area (Å²) in [6, 6.07) is 16.9. The van der Waals surface area contributed by atoms with Crippen LogP contribution in [0.1, 0.15) is 11.1 Å². The molecule has 0 unspecified atom stereocenters. The molecule has 3 aromatic carbocycles. The van der Waals surface area contributed by atoms with Gasteiger partial charge in [0, 0.05) is 13.2 Å². The average Bonchev–Trinajstić information content (AvgIpc) is 2.46. The number of rotatable bonds is 4. The fourth-order valence-electron chi connectivity index (χ4n) is 2.76. The molecule has 0 aliphatic heterocycles. The zero-order chi connectivity index (χ0) is 13.9. The minimum Gasteiger partial charge on any atom is -0.396 e. The van der Waals surface area contributed by atoms with Crippen LogP contribution < -0.4 is 0 Å². The zero-order valence-corrected chi connectivity index (χ0v) is 11.3. The van der Waals surface area contributed by atoms with Gasteiger partial charge < -0.3 is 10.2 Å². The van der Waals surface area contributed by atoms with Gasteiger partial charge in [0.05, 0.1) is 0 Å². The Morgan fingerprint density at radius 1 is 0.700 bits per heavy atom. The van der Waals surface area contributed by atoms with E-state index >= 15 is 0 Å². The molecule has 0 radical (unpaired) electrons. The van der Waals surface area contributed by atoms with E-state index in [0.717, 1.165) is 5.56 Å². The second-order valence-electron chi connectivity index (χ2n) is 5.12. The molecule has 3 rings (SSSR count). The monoisotopic (exact) mass is 266 g/mol. The smallest absolute Gasteiger partial charge is 0.0471 e. The third-order valence-corrected chi connectivity index (χ3v) is 3.77. The summed E-state index contributed by atoms with van der Waals surface area (Å²) in [6.45, 7) is 0.344. The lowest BCUT2D eigenvalue weighted by Gasteiger charge is -2.08. The van der Waals surface area contributed by atoms with E-state index in [-0.39, 0.29) is 13.2 Å². The number of benzene rings is 3. The molecule has 0 bridgehead atoms. The van der Waals surface area contributed by atoms with Crippen LogP contribution >= 0.6 is 0 Å². The summed E-state index contributed by atoms with van der Waals surface area (Å²) in [6.07, 6.45) is 1.37. The van der Waals surface area contributed by atoms with Crippen molar-refractivity contribution in [2.24, 2.45) is 0 Å². The van der Waals surface area contributed by atoms with Gasteiger partial charge in [-0.1, -0.05) is 36.4 Å². The van der Waals surface area contributed by atoms with Crippen molar-refractivity contribution < 1.29 is 10.2 Å². The quantitative estimate of drug-likeness (QED) is 0.712. The average molecular weight is 266 g/mol. The largest absolute Gasteiger partial charge is 0.396 e. The van der Waals surface area contributed by atoms with Gasteiger partial charge in [0.25, 0.3) is 0 Å². The summed E-state index contributed by atoms with van der Waals surface area (Å²) in [5.74, 6) is 0. The summed E-state index contributed by atoms with van der Waals surface area (Å²) in [7, 11) is 0. The van der Waals surface area contributed by atoms with Crippen LogP contribution in [-0.4, -0.2) is 23.4 Å². The Kier molecular flexibility index (Phi) is 3.68. The van der Waals surface area contributed by atoms with Crippen molar-refractivity contribution in [3.8, 4) is 0 Å². The second-order valence-corrected chi connectivity index (χ2v) is 5.12. The van der Waals surface area contributed by atoms with Gasteiger partial charge in [-0.25, -0.2) is 0 Å². The van der Waals surface area contributed by atoms with Gasteiger partial charge >= 0.3 is 0 Å². The normalized spacial score (nSPS) is 11.3. The van der Waals surface area contributed by atoms with Crippen LogP contribution in [-0.2, 0) is 12.8 Å². The van der Waals surface area contributed by atoms with Gasteiger partial charge in [0.2, 0.25) is 0 Å². The predicted octanol–water partition coefficient (Wildman–Crippen LogP) is 3.06. The Hall–Kier alpha value is -1.90. The van der Waals surface area contributed by atoms with Crippen LogP contribution in [0.5, 0.6) is 0 Å². The van der Waals surface area contributed by atoms with Crippen LogP contribution in [0, 0.1) is 0 Å². The summed E-state index contributed by atoms with van der Waals surface area (Å²) in [5.41, 5.74) is 2.33. The van der Waals surface area contributed by atoms with Gasteiger partial charge in [-0.3, -0.25) is 0 Å². The van der Waals surface area contributed by atoms with Crippen molar-refractivity contribution >= 4 is 21.5 Å². The first kappa shape index (κ1) is 13.1. The number of hydrogen-bond acceptors (Lipinski definition) is 2. The molecule has 102 valence electrons. The highest BCUT2D eigenvalue weighted by Gasteiger charge is 2.04. The van der Waals surface area contributed by atoms with E-state index in [1.54, 1.807) is 0 Å². The van der Waals surface area contributed by atoms with Crippen LogP contribution in [0.4, 0.5) is 0 Å². The number of aliphatic hydroxyl groups excluding tert-OH is 2. The Labute approximate surface area is 118 Å². The Morgan fingerprint density at radius 2 is 1.55 bits per heavy atom. The lowest BCUT2D eigenvalue weighted by molar-refractivity contribution is 0.299. The van der Waals surface area contributed by atoms with E-state index in [0.29, 0.717) is 12.8 Å². The molecule has 0 fully saturated rings. The van der Waals surface area contributed by atoms with Crippen molar-refractivity contribution in [1.29, 1.82) is 0 Å². The second kappa shape index (κ2) is 5.61. The first-order valence-electron chi connectivity index (χ1n) is 6.98. The van der Waals surface area contributed by atoms with Crippen molar-refractivity contribution in [1.82, 2.24) is 0 Å². The number of hydrogen-bond donors (Lipinski definition) is 2. The van der Waals surface area contributed by atoms with Gasteiger partial charge in [-0.2, -0.15) is 0 Å². The van der Waals surface area contributed by atoms with Crippen molar-refractivity contribution in [3.05, 3.63) is 59.7 Å². The van der Waals surface area contributed by atoms with Crippen molar-refractivity contribution in [2.75, 3.05) is 13.2 Å². The van der Waals surface area contributed by atoms with Gasteiger partial charge in [-0.05, 0) is 57.6 Å². The van der Waals surface area contributed by atoms with Crippen molar-refractivity contribution in [2.45, 2.75) is 12.8 Å². The highest BCUT2D eigenvalue weighted by molar-refractivity contribution is 5.99. The molecule has 0 aliphatic carbocycles. The number of fused-ring (bicyclic) bond motifs is 2. The fourth-order valence-corrected chi connectivity index (χ4v) is 2.76. The van der Waals surface area contributed by atoms with Crippen LogP contribution in [0.15, 0.2) is 48.5 Å². The molecule has 2 N–H and O–H groups in total. The lowest BCUT2D eigenvalue weighted by Crippen LogP contribution is -1.93. The third-order valence-electron chi connectivity index (χ3n) is 3.77. The third kappa shape index (κ3) is 2.40. The molecular weight excluding hydrogens is 248 g/mol. The number of aliphatic hydroxyl groups is 2. The van der Waals surface area contributed by atoms with E-state index in [2.05, 4.69) is 42.5 Å². The Balaban J connectivity index is 2.21. The highest BCUT2D eigenvalue weighted by Crippen LogP contribution is 2.26. The van der Waals surface area contributed by atoms with Crippen LogP contribution in [0.25, 0.3) is 21.5 Å². The van der Waals surface area contributed by atoms with Crippen molar-refractivity contribution in [3.63, 3.8) is 0 Å². The summed E-state index contributed by atoms with van der Waals surface area (Å²) < 4.78 is 0. The first-order chi connectivity index (χ1) is 9.81. The molecule has 0 atom stereocenters. The molecule has 0 aliphatic rings. The SMILES string of the molecule is OCCc1ccc2cc3cccc(CCO)c3cc2c1. The summed E-state index contributed by atoms with van der Waals surface area (Å²) in [5, 5.41) is 23.0. The highest BCUT2D eigenvalue weighted by atomic mass is 16.3. The molecule has 20 heavy (non-hydrogen) atoms. The van der Waals surface area contributed by atoms with E-state index in [1.807, 2.05) is 6.07 Å². The fraction of sp³-hybridized carbons (Fsp3) is 0.222. The molecule has 0 saturated carbocycles. The topological polar surface area (TPSA) is 40.5 Å². The van der Waals surface area contributed by atoms with Gasteiger partial charge in [0.15, 0.2) is 0 Å². The molecule has 0 aromatic heterocycles. The van der Waals surface area contributed by atoms with Gasteiger partial charge in [0.1, 0.15) is 0 Å². The first-order valence-corrected chi connectivity index (χ1v) is 6.98. The van der Waals surface area contributed by atoms with Crippen LogP contribution in [0.3, 0.4) is 0 Å². The van der Waals surface area contributed by atoms with Gasteiger partial charge in [-0.15, -0.1) is 0 Å². The minimum atomic E-state index is 0.168. The molecule has 0 saturated heterocycles. The maximum atomic E-state index is 9.18. The van der Waals surface area contributed by atoms with E-state index in [9.17, 15) is 5.11 Å². The lowest BCUT2D eigenvalue weighted by atomic mass is 9.97. The molecule has 2 heteroatoms. The molecule has 0 amide bonds. The van der Waals surface area contributed by atoms with Crippen LogP contribution in [0.2, 0.25) is 0 Å². The minimum absolute atomic E-state index is 0.168. The summed E-state index contributed by atoms with van der Waals surface area (Å²) in [4.78, 5) is 0. The Morgan fingerprint density at radius 3 is 2.35 bits per heavy atom. The Bertz CT molecular complexity index is 747. The van der Waals surface area contributed by atoms with E-state index < -0.39 is 0 Å². The predicted molar refractivity (Wildman–Crippen MR) is 83.0 cm³/mol. The van der Waals surface area contributed by atoms with E-state index in [1.165, 1.54) is 27.1 Å². The maximum Gasteiger partial charge on any atom is 0.0471 e. The standard InChI is InChI=1S/C18H18O2/c19-8-6-13-4-5-15-11-16-3-1-2-14(7-9-20)18(16)12-17(15)10-13/h1-5,10-12,19-20H,6-9H2. The molecule has 0 spiro atoms. The maximum absolute atomic E-state index is 9.18. The summed E-state index contributed by atoms with van der Waals surface area (Å²) >= 11 is 0.